The molecule has 7 heteroatoms. The average molecular weight is 350 g/mol. The summed E-state index contributed by atoms with van der Waals surface area (Å²) >= 11 is 0. The minimum absolute atomic E-state index is 0.207. The van der Waals surface area contributed by atoms with Gasteiger partial charge in [0.25, 0.3) is 0 Å². The minimum atomic E-state index is -0.942. The maximum Gasteiger partial charge on any atom is 0.243 e. The van der Waals surface area contributed by atoms with E-state index in [1.807, 2.05) is 24.3 Å². The summed E-state index contributed by atoms with van der Waals surface area (Å²) in [5.41, 5.74) is 1.96. The number of nitrogens with one attached hydrogen (secondary N) is 1. The van der Waals surface area contributed by atoms with Gasteiger partial charge in [-0.25, -0.2) is 9.97 Å². The molecule has 2 aromatic rings. The Morgan fingerprint density at radius 1 is 1.19 bits per heavy atom. The first-order chi connectivity index (χ1) is 12.7. The number of piperazine rings is 1. The fourth-order valence-corrected chi connectivity index (χ4v) is 3.21. The fourth-order valence-electron chi connectivity index (χ4n) is 3.21. The van der Waals surface area contributed by atoms with Crippen molar-refractivity contribution in [3.05, 3.63) is 30.0 Å². The lowest BCUT2D eigenvalue weighted by molar-refractivity contribution is -0.121. The molecule has 1 aromatic carbocycles. The predicted molar refractivity (Wildman–Crippen MR) is 98.8 cm³/mol. The molecule has 1 aliphatic carbocycles. The summed E-state index contributed by atoms with van der Waals surface area (Å²) in [6.45, 7) is 3.44. The molecule has 1 saturated carbocycles. The second kappa shape index (κ2) is 6.89. The van der Waals surface area contributed by atoms with Gasteiger partial charge in [0.1, 0.15) is 5.69 Å². The third kappa shape index (κ3) is 3.33. The van der Waals surface area contributed by atoms with Gasteiger partial charge in [-0.2, -0.15) is 5.26 Å². The normalized spacial score (nSPS) is 19.2. The standard InChI is InChI=1S/C19H22N6O/c1-24-8-10-25(11-9-24)18-17(14(12-20)19(26)21-13-6-7-13)22-15-4-2-3-5-16(15)23-18/h2-5,13-14H,6-11H2,1H3,(H,21,26). The van der Waals surface area contributed by atoms with Crippen LogP contribution in [0.25, 0.3) is 11.0 Å². The third-order valence-electron chi connectivity index (χ3n) is 4.97. The van der Waals surface area contributed by atoms with Crippen LogP contribution in [-0.2, 0) is 4.79 Å². The van der Waals surface area contributed by atoms with Gasteiger partial charge in [0.15, 0.2) is 11.7 Å². The van der Waals surface area contributed by atoms with Gasteiger partial charge in [0.05, 0.1) is 17.1 Å². The Hall–Kier alpha value is -2.72. The molecule has 0 radical (unpaired) electrons. The van der Waals surface area contributed by atoms with Crippen molar-refractivity contribution in [1.29, 1.82) is 5.26 Å². The molecular weight excluding hydrogens is 328 g/mol. The Balaban J connectivity index is 1.75. The number of fused-ring (bicyclic) bond motifs is 1. The van der Waals surface area contributed by atoms with E-state index >= 15 is 0 Å². The molecule has 1 unspecified atom stereocenters. The molecule has 134 valence electrons. The lowest BCUT2D eigenvalue weighted by Crippen LogP contribution is -2.45. The molecule has 2 aliphatic rings. The Kier molecular flexibility index (Phi) is 4.43. The molecular formula is C19H22N6O. The van der Waals surface area contributed by atoms with Crippen molar-refractivity contribution < 1.29 is 4.79 Å². The molecule has 1 aliphatic heterocycles. The lowest BCUT2D eigenvalue weighted by Gasteiger charge is -2.34. The number of para-hydroxylation sites is 2. The summed E-state index contributed by atoms with van der Waals surface area (Å²) in [7, 11) is 2.09. The van der Waals surface area contributed by atoms with Gasteiger partial charge in [-0.05, 0) is 32.0 Å². The molecule has 1 saturated heterocycles. The summed E-state index contributed by atoms with van der Waals surface area (Å²) in [6, 6.07) is 9.96. The molecule has 1 N–H and O–H groups in total. The van der Waals surface area contributed by atoms with Gasteiger partial charge in [-0.1, -0.05) is 12.1 Å². The molecule has 1 aromatic heterocycles. The summed E-state index contributed by atoms with van der Waals surface area (Å²) in [5, 5.41) is 12.6. The van der Waals surface area contributed by atoms with E-state index < -0.39 is 5.92 Å². The van der Waals surface area contributed by atoms with E-state index in [1.165, 1.54) is 0 Å². The van der Waals surface area contributed by atoms with Gasteiger partial charge in [0.2, 0.25) is 5.91 Å². The largest absolute Gasteiger partial charge is 0.352 e. The maximum absolute atomic E-state index is 12.6. The van der Waals surface area contributed by atoms with Crippen LogP contribution in [-0.4, -0.2) is 60.0 Å². The number of carbonyl (C=O) groups is 1. The number of anilines is 1. The van der Waals surface area contributed by atoms with Crippen LogP contribution in [0, 0.1) is 11.3 Å². The molecule has 2 heterocycles. The highest BCUT2D eigenvalue weighted by Crippen LogP contribution is 2.29. The fraction of sp³-hybridized carbons (Fsp3) is 0.474. The van der Waals surface area contributed by atoms with Gasteiger partial charge in [0, 0.05) is 32.2 Å². The Morgan fingerprint density at radius 3 is 2.46 bits per heavy atom. The highest BCUT2D eigenvalue weighted by molar-refractivity contribution is 5.89. The van der Waals surface area contributed by atoms with Gasteiger partial charge in [-0.3, -0.25) is 4.79 Å². The van der Waals surface area contributed by atoms with Gasteiger partial charge >= 0.3 is 0 Å². The van der Waals surface area contributed by atoms with Gasteiger partial charge < -0.3 is 15.1 Å². The van der Waals surface area contributed by atoms with Crippen molar-refractivity contribution >= 4 is 22.8 Å². The van der Waals surface area contributed by atoms with Crippen LogP contribution in [0.15, 0.2) is 24.3 Å². The van der Waals surface area contributed by atoms with Crippen molar-refractivity contribution in [2.24, 2.45) is 0 Å². The number of nitrogens with zero attached hydrogens (tertiary/aromatic N) is 5. The summed E-state index contributed by atoms with van der Waals surface area (Å²) < 4.78 is 0. The van der Waals surface area contributed by atoms with Crippen LogP contribution < -0.4 is 10.2 Å². The first-order valence-corrected chi connectivity index (χ1v) is 9.06. The van der Waals surface area contributed by atoms with E-state index in [0.717, 1.165) is 44.5 Å². The number of amides is 1. The topological polar surface area (TPSA) is 85.2 Å². The highest BCUT2D eigenvalue weighted by atomic mass is 16.2. The summed E-state index contributed by atoms with van der Waals surface area (Å²) in [5.74, 6) is -0.549. The molecule has 26 heavy (non-hydrogen) atoms. The van der Waals surface area contributed by atoms with Crippen LogP contribution in [0.2, 0.25) is 0 Å². The smallest absolute Gasteiger partial charge is 0.243 e. The predicted octanol–water partition coefficient (Wildman–Crippen LogP) is 1.27. The van der Waals surface area contributed by atoms with Gasteiger partial charge in [-0.15, -0.1) is 0 Å². The first-order valence-electron chi connectivity index (χ1n) is 9.06. The molecule has 0 bridgehead atoms. The molecule has 2 fully saturated rings. The molecule has 4 rings (SSSR count). The van der Waals surface area contributed by atoms with E-state index in [9.17, 15) is 10.1 Å². The molecule has 7 nitrogen and oxygen atoms in total. The number of hydrogen-bond donors (Lipinski definition) is 1. The average Bonchev–Trinajstić information content (AvgIpc) is 3.46. The third-order valence-corrected chi connectivity index (χ3v) is 4.97. The Bertz CT molecular complexity index is 864. The summed E-state index contributed by atoms with van der Waals surface area (Å²) in [4.78, 5) is 26.5. The zero-order chi connectivity index (χ0) is 18.1. The molecule has 1 atom stereocenters. The van der Waals surface area contributed by atoms with Crippen LogP contribution in [0.5, 0.6) is 0 Å². The van der Waals surface area contributed by atoms with Crippen LogP contribution >= 0.6 is 0 Å². The minimum Gasteiger partial charge on any atom is -0.352 e. The first kappa shape index (κ1) is 16.7. The second-order valence-electron chi connectivity index (χ2n) is 7.06. The van der Waals surface area contributed by atoms with E-state index in [-0.39, 0.29) is 11.9 Å². The zero-order valence-corrected chi connectivity index (χ0v) is 14.9. The van der Waals surface area contributed by atoms with Crippen molar-refractivity contribution in [2.75, 3.05) is 38.1 Å². The van der Waals surface area contributed by atoms with E-state index in [0.29, 0.717) is 17.0 Å². The second-order valence-corrected chi connectivity index (χ2v) is 7.06. The number of hydrogen-bond acceptors (Lipinski definition) is 6. The highest BCUT2D eigenvalue weighted by Gasteiger charge is 2.33. The van der Waals surface area contributed by atoms with E-state index in [2.05, 4.69) is 33.2 Å². The number of nitriles is 1. The van der Waals surface area contributed by atoms with Crippen LogP contribution in [0.3, 0.4) is 0 Å². The summed E-state index contributed by atoms with van der Waals surface area (Å²) in [6.07, 6.45) is 1.97. The van der Waals surface area contributed by atoms with Crippen molar-refractivity contribution in [2.45, 2.75) is 24.8 Å². The number of likely N-dealkylation sites (N-methyl/N-ethyl adjacent to an activating group) is 1. The lowest BCUT2D eigenvalue weighted by atomic mass is 10.0. The van der Waals surface area contributed by atoms with Crippen LogP contribution in [0.1, 0.15) is 24.5 Å². The van der Waals surface area contributed by atoms with E-state index in [1.54, 1.807) is 0 Å². The number of rotatable bonds is 4. The Morgan fingerprint density at radius 2 is 1.85 bits per heavy atom. The number of benzene rings is 1. The van der Waals surface area contributed by atoms with Crippen molar-refractivity contribution in [3.63, 3.8) is 0 Å². The zero-order valence-electron chi connectivity index (χ0n) is 14.9. The maximum atomic E-state index is 12.6. The Labute approximate surface area is 152 Å². The molecule has 1 amide bonds. The van der Waals surface area contributed by atoms with E-state index in [4.69, 9.17) is 4.98 Å². The number of aromatic nitrogens is 2. The van der Waals surface area contributed by atoms with Crippen molar-refractivity contribution in [3.8, 4) is 6.07 Å². The number of carbonyl (C=O) groups excluding carboxylic acids is 1. The monoisotopic (exact) mass is 350 g/mol. The quantitative estimate of drug-likeness (QED) is 0.894. The molecule has 0 spiro atoms. The van der Waals surface area contributed by atoms with Crippen molar-refractivity contribution in [1.82, 2.24) is 20.2 Å². The SMILES string of the molecule is CN1CCN(c2nc3ccccc3nc2C(C#N)C(=O)NC2CC2)CC1. The van der Waals surface area contributed by atoms with Crippen LogP contribution in [0.4, 0.5) is 5.82 Å².